The molecule has 1 unspecified atom stereocenters. The van der Waals surface area contributed by atoms with Gasteiger partial charge in [-0.2, -0.15) is 0 Å². The summed E-state index contributed by atoms with van der Waals surface area (Å²) in [5.74, 6) is 0. The summed E-state index contributed by atoms with van der Waals surface area (Å²) in [6, 6.07) is 1.13. The first-order valence-corrected chi connectivity index (χ1v) is 10.2. The van der Waals surface area contributed by atoms with E-state index in [4.69, 9.17) is 18.5 Å². The van der Waals surface area contributed by atoms with Gasteiger partial charge in [0.15, 0.2) is 12.5 Å². The normalized spacial score (nSPS) is 36.0. The van der Waals surface area contributed by atoms with Crippen LogP contribution >= 0.6 is 7.82 Å². The van der Waals surface area contributed by atoms with Crippen LogP contribution in [0.15, 0.2) is 34.0 Å². The third kappa shape index (κ3) is 5.31. The Kier molecular flexibility index (Phi) is 7.04. The summed E-state index contributed by atoms with van der Waals surface area (Å²) >= 11 is 0. The van der Waals surface area contributed by atoms with Gasteiger partial charge >= 0.3 is 13.5 Å². The molecule has 0 aliphatic carbocycles. The molecule has 1 saturated heterocycles. The second-order valence-corrected chi connectivity index (χ2v) is 8.02. The van der Waals surface area contributed by atoms with Gasteiger partial charge in [0.05, 0.1) is 13.2 Å². The number of aromatic amines is 1. The van der Waals surface area contributed by atoms with Crippen molar-refractivity contribution in [3.8, 4) is 0 Å². The molecule has 2 aliphatic heterocycles. The van der Waals surface area contributed by atoms with E-state index in [0.29, 0.717) is 0 Å². The van der Waals surface area contributed by atoms with Gasteiger partial charge in [0, 0.05) is 12.3 Å². The van der Waals surface area contributed by atoms with Crippen molar-refractivity contribution in [1.29, 1.82) is 0 Å². The highest BCUT2D eigenvalue weighted by Crippen LogP contribution is 2.44. The van der Waals surface area contributed by atoms with Crippen molar-refractivity contribution in [2.24, 2.45) is 0 Å². The molecule has 0 radical (unpaired) electrons. The van der Waals surface area contributed by atoms with Crippen molar-refractivity contribution >= 4 is 7.82 Å². The van der Waals surface area contributed by atoms with E-state index in [-0.39, 0.29) is 0 Å². The molecule has 168 valence electrons. The first-order chi connectivity index (χ1) is 14.1. The summed E-state index contributed by atoms with van der Waals surface area (Å²) in [5, 5.41) is 38.2. The molecule has 1 aromatic heterocycles. The molecule has 6 N–H and O–H groups in total. The van der Waals surface area contributed by atoms with Crippen LogP contribution < -0.4 is 11.2 Å². The topological polar surface area (TPSA) is 210 Å². The molecule has 8 atom stereocenters. The van der Waals surface area contributed by atoms with E-state index in [2.05, 4.69) is 4.98 Å². The number of rotatable bonds is 7. The zero-order valence-corrected chi connectivity index (χ0v) is 16.1. The number of nitrogens with one attached hydrogen (secondary N) is 1. The fourth-order valence-electron chi connectivity index (χ4n) is 2.81. The molecule has 3 heterocycles. The number of phosphoric acid groups is 1. The highest BCUT2D eigenvalue weighted by molar-refractivity contribution is 7.47. The van der Waals surface area contributed by atoms with Crippen molar-refractivity contribution in [2.75, 3.05) is 13.2 Å². The van der Waals surface area contributed by atoms with Gasteiger partial charge in [0.2, 0.25) is 0 Å². The lowest BCUT2D eigenvalue weighted by Gasteiger charge is -2.38. The van der Waals surface area contributed by atoms with Gasteiger partial charge in [0.1, 0.15) is 30.5 Å². The van der Waals surface area contributed by atoms with E-state index in [0.717, 1.165) is 10.6 Å². The Hall–Kier alpha value is -1.71. The maximum Gasteiger partial charge on any atom is 0.472 e. The molecule has 0 aromatic carbocycles. The second-order valence-electron chi connectivity index (χ2n) is 6.56. The zero-order valence-electron chi connectivity index (χ0n) is 15.3. The third-order valence-corrected chi connectivity index (χ3v) is 5.37. The van der Waals surface area contributed by atoms with E-state index >= 15 is 0 Å². The maximum absolute atomic E-state index is 12.0. The zero-order chi connectivity index (χ0) is 22.1. The van der Waals surface area contributed by atoms with Crippen LogP contribution in [0.1, 0.15) is 6.23 Å². The Morgan fingerprint density at radius 2 is 1.73 bits per heavy atom. The predicted molar refractivity (Wildman–Crippen MR) is 95.0 cm³/mol. The van der Waals surface area contributed by atoms with Gasteiger partial charge in [-0.15, -0.1) is 0 Å². The molecule has 1 aromatic rings. The molecular weight excluding hydrogens is 431 g/mol. The van der Waals surface area contributed by atoms with Crippen molar-refractivity contribution in [3.63, 3.8) is 0 Å². The number of aliphatic hydroxyl groups excluding tert-OH is 4. The van der Waals surface area contributed by atoms with Crippen molar-refractivity contribution in [3.05, 3.63) is 45.3 Å². The van der Waals surface area contributed by atoms with Crippen molar-refractivity contribution < 1.29 is 48.4 Å². The van der Waals surface area contributed by atoms with Gasteiger partial charge in [-0.25, -0.2) is 9.36 Å². The molecule has 0 amide bonds. The number of ether oxygens (including phenoxy) is 2. The summed E-state index contributed by atoms with van der Waals surface area (Å²) < 4.78 is 32.9. The van der Waals surface area contributed by atoms with Crippen LogP contribution in [-0.4, -0.2) is 84.9 Å². The fraction of sp³-hybridized carbons (Fsp3) is 0.600. The number of hydrogen-bond donors (Lipinski definition) is 6. The number of hydrogen-bond acceptors (Lipinski definition) is 11. The quantitative estimate of drug-likeness (QED) is 0.180. The third-order valence-electron chi connectivity index (χ3n) is 4.42. The second kappa shape index (κ2) is 9.20. The van der Waals surface area contributed by atoms with E-state index in [1.807, 2.05) is 0 Å². The molecule has 1 fully saturated rings. The molecule has 3 rings (SSSR count). The maximum atomic E-state index is 12.0. The first kappa shape index (κ1) is 23.0. The largest absolute Gasteiger partial charge is 0.472 e. The molecule has 0 spiro atoms. The Balaban J connectivity index is 1.48. The number of aliphatic hydroxyl groups is 4. The Morgan fingerprint density at radius 1 is 1.03 bits per heavy atom. The molecule has 2 aliphatic rings. The predicted octanol–water partition coefficient (Wildman–Crippen LogP) is -3.08. The standard InChI is InChI=1S/C15H21N2O12P/c18-9-3-4-17(15(23)16-9)10-2-1-7(28-10)5-26-30(24,25)27-6-8-11(19)12(20)13(21)14(22)29-8/h1-4,7-8,10-14,19-22H,5-6H2,(H,24,25)(H,16,18,23)/t7-,8+,10+,11+,12-,13+,14-/m0/s1. The van der Waals surface area contributed by atoms with Gasteiger partial charge < -0.3 is 34.8 Å². The van der Waals surface area contributed by atoms with Gasteiger partial charge in [-0.3, -0.25) is 23.4 Å². The Labute approximate surface area is 168 Å². The van der Waals surface area contributed by atoms with Gasteiger partial charge in [-0.1, -0.05) is 6.08 Å². The number of phosphoric ester groups is 1. The van der Waals surface area contributed by atoms with Crippen LogP contribution in [0.25, 0.3) is 0 Å². The van der Waals surface area contributed by atoms with E-state index in [1.54, 1.807) is 0 Å². The lowest BCUT2D eigenvalue weighted by molar-refractivity contribution is -0.285. The molecule has 0 saturated carbocycles. The summed E-state index contributed by atoms with van der Waals surface area (Å²) in [5.41, 5.74) is -1.27. The minimum atomic E-state index is -4.65. The number of aromatic nitrogens is 2. The van der Waals surface area contributed by atoms with Gasteiger partial charge in [0.25, 0.3) is 5.56 Å². The van der Waals surface area contributed by atoms with Crippen LogP contribution in [0, 0.1) is 0 Å². The Bertz CT molecular complexity index is 931. The highest BCUT2D eigenvalue weighted by Gasteiger charge is 2.44. The molecular formula is C15H21N2O12P. The van der Waals surface area contributed by atoms with E-state index < -0.39 is 75.3 Å². The Morgan fingerprint density at radius 3 is 2.43 bits per heavy atom. The van der Waals surface area contributed by atoms with Crippen LogP contribution in [0.2, 0.25) is 0 Å². The average molecular weight is 452 g/mol. The summed E-state index contributed by atoms with van der Waals surface area (Å²) in [6.07, 6.45) is -5.87. The van der Waals surface area contributed by atoms with Crippen molar-refractivity contribution in [1.82, 2.24) is 9.55 Å². The van der Waals surface area contributed by atoms with Crippen LogP contribution in [-0.2, 0) is 23.1 Å². The minimum absolute atomic E-state index is 0.434. The van der Waals surface area contributed by atoms with E-state index in [9.17, 15) is 39.5 Å². The van der Waals surface area contributed by atoms with Crippen molar-refractivity contribution in [2.45, 2.75) is 43.0 Å². The molecule has 15 heteroatoms. The first-order valence-electron chi connectivity index (χ1n) is 8.72. The smallest absolute Gasteiger partial charge is 0.387 e. The van der Waals surface area contributed by atoms with Crippen LogP contribution in [0.4, 0.5) is 0 Å². The summed E-state index contributed by atoms with van der Waals surface area (Å²) in [6.45, 7) is -1.16. The lowest BCUT2D eigenvalue weighted by Crippen LogP contribution is -2.58. The monoisotopic (exact) mass is 452 g/mol. The SMILES string of the molecule is O=c1ccn([C@H]2C=C[C@@H](COP(=O)(O)OC[C@H]3O[C@H](O)[C@H](O)[C@@H](O)[C@@H]3O)O2)c(=O)[nH]1. The fourth-order valence-corrected chi connectivity index (χ4v) is 3.56. The number of H-pyrrole nitrogens is 1. The van der Waals surface area contributed by atoms with Crippen LogP contribution in [0.5, 0.6) is 0 Å². The molecule has 30 heavy (non-hydrogen) atoms. The molecule has 0 bridgehead atoms. The molecule has 14 nitrogen and oxygen atoms in total. The van der Waals surface area contributed by atoms with E-state index in [1.165, 1.54) is 18.3 Å². The highest BCUT2D eigenvalue weighted by atomic mass is 31.2. The summed E-state index contributed by atoms with van der Waals surface area (Å²) in [7, 11) is -4.65. The lowest BCUT2D eigenvalue weighted by atomic mass is 10.00. The number of nitrogens with zero attached hydrogens (tertiary/aromatic N) is 1. The minimum Gasteiger partial charge on any atom is -0.387 e. The summed E-state index contributed by atoms with van der Waals surface area (Å²) in [4.78, 5) is 34.7. The van der Waals surface area contributed by atoms with Crippen LogP contribution in [0.3, 0.4) is 0 Å². The average Bonchev–Trinajstić information content (AvgIpc) is 3.15. The van der Waals surface area contributed by atoms with Gasteiger partial charge in [-0.05, 0) is 6.08 Å².